The monoisotopic (exact) mass is 295 g/mol. The van der Waals surface area contributed by atoms with Crippen LogP contribution in [-0.2, 0) is 0 Å². The molecule has 0 unspecified atom stereocenters. The Balaban J connectivity index is 2.75. The lowest BCUT2D eigenvalue weighted by molar-refractivity contribution is -0.387. The van der Waals surface area contributed by atoms with Gasteiger partial charge in [0.1, 0.15) is 11.6 Å². The average Bonchev–Trinajstić information content (AvgIpc) is 2.42. The van der Waals surface area contributed by atoms with Crippen molar-refractivity contribution < 1.29 is 13.7 Å². The molecule has 1 heterocycles. The zero-order valence-electron chi connectivity index (χ0n) is 11.1. The van der Waals surface area contributed by atoms with Crippen LogP contribution in [0, 0.1) is 35.6 Å². The van der Waals surface area contributed by atoms with Crippen molar-refractivity contribution in [3.05, 3.63) is 45.1 Å². The normalized spacial score (nSPS) is 10.5. The maximum absolute atomic E-state index is 14.1. The second-order valence-electron chi connectivity index (χ2n) is 4.26. The standard InChI is InChI=1S/C12H11F2N5O2/c1-5-6(2)16-12(17-11(5)18-15)9-7(13)3-4-8(10(9)14)19(20)21/h3-4H,15H2,1-2H3,(H,16,17,18). The summed E-state index contributed by atoms with van der Waals surface area (Å²) in [5, 5.41) is 10.7. The van der Waals surface area contributed by atoms with E-state index >= 15 is 0 Å². The van der Waals surface area contributed by atoms with Gasteiger partial charge in [0.2, 0.25) is 5.82 Å². The first kappa shape index (κ1) is 14.7. The Morgan fingerprint density at radius 1 is 1.29 bits per heavy atom. The summed E-state index contributed by atoms with van der Waals surface area (Å²) in [5.41, 5.74) is 1.83. The minimum Gasteiger partial charge on any atom is -0.308 e. The topological polar surface area (TPSA) is 107 Å². The Labute approximate surface area is 118 Å². The molecule has 0 saturated carbocycles. The molecular formula is C12H11F2N5O2. The highest BCUT2D eigenvalue weighted by molar-refractivity contribution is 5.64. The van der Waals surface area contributed by atoms with Gasteiger partial charge in [0.25, 0.3) is 0 Å². The highest BCUT2D eigenvalue weighted by Crippen LogP contribution is 2.31. The number of nitro benzene ring substituents is 1. The second-order valence-corrected chi connectivity index (χ2v) is 4.26. The molecular weight excluding hydrogens is 284 g/mol. The van der Waals surface area contributed by atoms with Gasteiger partial charge >= 0.3 is 5.69 Å². The number of rotatable bonds is 3. The lowest BCUT2D eigenvalue weighted by Gasteiger charge is -2.10. The summed E-state index contributed by atoms with van der Waals surface area (Å²) in [6.07, 6.45) is 0. The van der Waals surface area contributed by atoms with Gasteiger partial charge in [-0.1, -0.05) is 0 Å². The Morgan fingerprint density at radius 2 is 1.95 bits per heavy atom. The summed E-state index contributed by atoms with van der Waals surface area (Å²) in [5.74, 6) is 2.83. The zero-order valence-corrected chi connectivity index (χ0v) is 11.1. The van der Waals surface area contributed by atoms with E-state index in [1.54, 1.807) is 13.8 Å². The highest BCUT2D eigenvalue weighted by atomic mass is 19.1. The molecule has 3 N–H and O–H groups in total. The summed E-state index contributed by atoms with van der Waals surface area (Å²) >= 11 is 0. The van der Waals surface area contributed by atoms with E-state index in [4.69, 9.17) is 5.84 Å². The van der Waals surface area contributed by atoms with Crippen LogP contribution < -0.4 is 11.3 Å². The third-order valence-electron chi connectivity index (χ3n) is 3.02. The van der Waals surface area contributed by atoms with E-state index in [1.807, 2.05) is 0 Å². The Morgan fingerprint density at radius 3 is 2.52 bits per heavy atom. The van der Waals surface area contributed by atoms with Gasteiger partial charge in [-0.05, 0) is 19.9 Å². The number of nitrogens with one attached hydrogen (secondary N) is 1. The van der Waals surface area contributed by atoms with Crippen LogP contribution in [0.5, 0.6) is 0 Å². The molecule has 9 heteroatoms. The fourth-order valence-corrected chi connectivity index (χ4v) is 1.77. The van der Waals surface area contributed by atoms with E-state index in [0.29, 0.717) is 11.3 Å². The first-order valence-electron chi connectivity index (χ1n) is 5.81. The molecule has 1 aromatic heterocycles. The first-order valence-corrected chi connectivity index (χ1v) is 5.81. The minimum absolute atomic E-state index is 0.183. The van der Waals surface area contributed by atoms with Crippen LogP contribution in [0.4, 0.5) is 20.3 Å². The van der Waals surface area contributed by atoms with Crippen LogP contribution in [0.2, 0.25) is 0 Å². The molecule has 0 saturated heterocycles. The van der Waals surface area contributed by atoms with Crippen LogP contribution >= 0.6 is 0 Å². The molecule has 0 spiro atoms. The molecule has 2 rings (SSSR count). The van der Waals surface area contributed by atoms with Crippen molar-refractivity contribution in [2.75, 3.05) is 5.43 Å². The van der Waals surface area contributed by atoms with Crippen molar-refractivity contribution in [3.63, 3.8) is 0 Å². The lowest BCUT2D eigenvalue weighted by atomic mass is 10.1. The zero-order chi connectivity index (χ0) is 15.7. The number of hydrogen-bond donors (Lipinski definition) is 2. The number of hydrogen-bond acceptors (Lipinski definition) is 6. The largest absolute Gasteiger partial charge is 0.308 e. The van der Waals surface area contributed by atoms with Gasteiger partial charge < -0.3 is 5.43 Å². The third kappa shape index (κ3) is 2.50. The van der Waals surface area contributed by atoms with Crippen molar-refractivity contribution in [1.29, 1.82) is 0 Å². The molecule has 7 nitrogen and oxygen atoms in total. The number of nitro groups is 1. The molecule has 0 aliphatic rings. The predicted octanol–water partition coefficient (Wildman–Crippen LogP) is 2.23. The molecule has 1 aromatic carbocycles. The van der Waals surface area contributed by atoms with E-state index in [1.165, 1.54) is 0 Å². The van der Waals surface area contributed by atoms with Crippen LogP contribution in [0.1, 0.15) is 11.3 Å². The van der Waals surface area contributed by atoms with E-state index < -0.39 is 27.8 Å². The molecule has 0 amide bonds. The van der Waals surface area contributed by atoms with Gasteiger partial charge in [-0.2, -0.15) is 4.39 Å². The number of anilines is 1. The van der Waals surface area contributed by atoms with E-state index in [9.17, 15) is 18.9 Å². The minimum atomic E-state index is -1.33. The van der Waals surface area contributed by atoms with Gasteiger partial charge in [0.15, 0.2) is 5.82 Å². The number of aromatic nitrogens is 2. The maximum Gasteiger partial charge on any atom is 0.305 e. The van der Waals surface area contributed by atoms with Crippen LogP contribution in [-0.4, -0.2) is 14.9 Å². The van der Waals surface area contributed by atoms with Crippen molar-refractivity contribution in [1.82, 2.24) is 9.97 Å². The molecule has 0 bridgehead atoms. The quantitative estimate of drug-likeness (QED) is 0.511. The number of nitrogen functional groups attached to an aromatic ring is 1. The Bertz CT molecular complexity index is 736. The molecule has 0 aliphatic carbocycles. The summed E-state index contributed by atoms with van der Waals surface area (Å²) in [6.45, 7) is 3.28. The summed E-state index contributed by atoms with van der Waals surface area (Å²) < 4.78 is 28.0. The fourth-order valence-electron chi connectivity index (χ4n) is 1.77. The summed E-state index contributed by atoms with van der Waals surface area (Å²) in [4.78, 5) is 17.6. The van der Waals surface area contributed by atoms with Crippen molar-refractivity contribution in [2.24, 2.45) is 5.84 Å². The van der Waals surface area contributed by atoms with Crippen molar-refractivity contribution in [2.45, 2.75) is 13.8 Å². The molecule has 0 fully saturated rings. The van der Waals surface area contributed by atoms with Gasteiger partial charge in [0.05, 0.1) is 10.5 Å². The van der Waals surface area contributed by atoms with Crippen molar-refractivity contribution in [3.8, 4) is 11.4 Å². The lowest BCUT2D eigenvalue weighted by Crippen LogP contribution is -2.13. The SMILES string of the molecule is Cc1nc(-c2c(F)ccc([N+](=O)[O-])c2F)nc(NN)c1C. The van der Waals surface area contributed by atoms with E-state index in [2.05, 4.69) is 15.4 Å². The van der Waals surface area contributed by atoms with E-state index in [-0.39, 0.29) is 11.6 Å². The number of halogens is 2. The molecule has 0 aliphatic heterocycles. The fraction of sp³-hybridized carbons (Fsp3) is 0.167. The predicted molar refractivity (Wildman–Crippen MR) is 71.3 cm³/mol. The molecule has 21 heavy (non-hydrogen) atoms. The average molecular weight is 295 g/mol. The molecule has 110 valence electrons. The van der Waals surface area contributed by atoms with Gasteiger partial charge in [-0.15, -0.1) is 0 Å². The van der Waals surface area contributed by atoms with Gasteiger partial charge in [-0.3, -0.25) is 10.1 Å². The first-order chi connectivity index (χ1) is 9.86. The van der Waals surface area contributed by atoms with E-state index in [0.717, 1.165) is 12.1 Å². The second kappa shape index (κ2) is 5.37. The van der Waals surface area contributed by atoms with Crippen molar-refractivity contribution >= 4 is 11.5 Å². The summed E-state index contributed by atoms with van der Waals surface area (Å²) in [6, 6.07) is 1.54. The number of nitrogens with zero attached hydrogens (tertiary/aromatic N) is 3. The number of aryl methyl sites for hydroxylation is 1. The van der Waals surface area contributed by atoms with Crippen LogP contribution in [0.15, 0.2) is 12.1 Å². The smallest absolute Gasteiger partial charge is 0.305 e. The molecule has 0 atom stereocenters. The van der Waals surface area contributed by atoms with Crippen LogP contribution in [0.25, 0.3) is 11.4 Å². The highest BCUT2D eigenvalue weighted by Gasteiger charge is 2.25. The summed E-state index contributed by atoms with van der Waals surface area (Å²) in [7, 11) is 0. The number of hydrazine groups is 1. The molecule has 2 aromatic rings. The number of benzene rings is 1. The van der Waals surface area contributed by atoms with Gasteiger partial charge in [0, 0.05) is 17.3 Å². The maximum atomic E-state index is 14.1. The van der Waals surface area contributed by atoms with Crippen LogP contribution in [0.3, 0.4) is 0 Å². The van der Waals surface area contributed by atoms with Gasteiger partial charge in [-0.25, -0.2) is 20.2 Å². The Kier molecular flexibility index (Phi) is 3.76. The number of nitrogens with two attached hydrogens (primary N) is 1. The Hall–Kier alpha value is -2.68. The third-order valence-corrected chi connectivity index (χ3v) is 3.02. The molecule has 0 radical (unpaired) electrons.